The number of ether oxygens (including phenoxy) is 1. The van der Waals surface area contributed by atoms with E-state index < -0.39 is 10.8 Å². The molecule has 0 spiro atoms. The van der Waals surface area contributed by atoms with Gasteiger partial charge in [0.15, 0.2) is 0 Å². The van der Waals surface area contributed by atoms with Gasteiger partial charge >= 0.3 is 5.97 Å². The summed E-state index contributed by atoms with van der Waals surface area (Å²) in [4.78, 5) is 11.3. The van der Waals surface area contributed by atoms with Crippen LogP contribution in [0.15, 0.2) is 24.3 Å². The molecular formula is C14H17FO3S. The highest BCUT2D eigenvalue weighted by molar-refractivity contribution is 7.84. The summed E-state index contributed by atoms with van der Waals surface area (Å²) in [5.74, 6) is 0.387. The van der Waals surface area contributed by atoms with Crippen LogP contribution in [0.4, 0.5) is 4.39 Å². The number of esters is 1. The minimum absolute atomic E-state index is 0.127. The van der Waals surface area contributed by atoms with Gasteiger partial charge in [0.1, 0.15) is 5.82 Å². The highest BCUT2D eigenvalue weighted by Gasteiger charge is 2.45. The Kier molecular flexibility index (Phi) is 4.34. The second-order valence-corrected chi connectivity index (χ2v) is 6.56. The summed E-state index contributed by atoms with van der Waals surface area (Å²) in [5.41, 5.74) is 0.728. The topological polar surface area (TPSA) is 43.4 Å². The average molecular weight is 284 g/mol. The van der Waals surface area contributed by atoms with E-state index in [4.69, 9.17) is 0 Å². The molecule has 1 aromatic rings. The third-order valence-corrected chi connectivity index (χ3v) is 5.00. The molecule has 0 N–H and O–H groups in total. The molecule has 5 heteroatoms. The lowest BCUT2D eigenvalue weighted by Crippen LogP contribution is -2.18. The molecule has 3 nitrogen and oxygen atoms in total. The minimum atomic E-state index is -1.03. The molecule has 0 aromatic heterocycles. The molecule has 1 saturated carbocycles. The lowest BCUT2D eigenvalue weighted by molar-refractivity contribution is -0.141. The van der Waals surface area contributed by atoms with Crippen molar-refractivity contribution >= 4 is 16.8 Å². The van der Waals surface area contributed by atoms with Crippen molar-refractivity contribution in [1.29, 1.82) is 0 Å². The zero-order valence-electron chi connectivity index (χ0n) is 10.9. The summed E-state index contributed by atoms with van der Waals surface area (Å²) in [6, 6.07) is 6.03. The molecule has 1 aliphatic carbocycles. The highest BCUT2D eigenvalue weighted by Crippen LogP contribution is 2.49. The van der Waals surface area contributed by atoms with E-state index in [2.05, 4.69) is 4.74 Å². The smallest absolute Gasteiger partial charge is 0.306 e. The Balaban J connectivity index is 1.87. The van der Waals surface area contributed by atoms with Crippen molar-refractivity contribution in [3.8, 4) is 0 Å². The monoisotopic (exact) mass is 284 g/mol. The molecule has 0 bridgehead atoms. The van der Waals surface area contributed by atoms with Crippen LogP contribution in [0.1, 0.15) is 24.8 Å². The Hall–Kier alpha value is -1.23. The van der Waals surface area contributed by atoms with Crippen LogP contribution < -0.4 is 0 Å². The molecule has 19 heavy (non-hydrogen) atoms. The molecule has 1 aliphatic rings. The summed E-state index contributed by atoms with van der Waals surface area (Å²) >= 11 is 0. The van der Waals surface area contributed by atoms with Gasteiger partial charge in [-0.1, -0.05) is 12.1 Å². The summed E-state index contributed by atoms with van der Waals surface area (Å²) < 4.78 is 29.5. The molecule has 1 unspecified atom stereocenters. The fourth-order valence-corrected chi connectivity index (χ4v) is 3.83. The standard InChI is InChI=1S/C14H17FO3S/c1-18-13(16)8-14(6-7-14)10-19(17)9-11-2-4-12(15)5-3-11/h2-5H,6-10H2,1H3. The van der Waals surface area contributed by atoms with Gasteiger partial charge in [-0.15, -0.1) is 0 Å². The fraction of sp³-hybridized carbons (Fsp3) is 0.500. The molecule has 0 heterocycles. The van der Waals surface area contributed by atoms with Gasteiger partial charge in [0, 0.05) is 22.3 Å². The first-order valence-electron chi connectivity index (χ1n) is 6.19. The summed E-state index contributed by atoms with van der Waals surface area (Å²) in [6.07, 6.45) is 2.20. The lowest BCUT2D eigenvalue weighted by Gasteiger charge is -2.13. The fourth-order valence-electron chi connectivity index (χ4n) is 2.09. The van der Waals surface area contributed by atoms with E-state index >= 15 is 0 Å². The van der Waals surface area contributed by atoms with Crippen LogP contribution in [0.5, 0.6) is 0 Å². The first-order chi connectivity index (χ1) is 9.03. The van der Waals surface area contributed by atoms with E-state index in [1.807, 2.05) is 0 Å². The van der Waals surface area contributed by atoms with E-state index in [0.29, 0.717) is 17.9 Å². The third kappa shape index (κ3) is 4.13. The minimum Gasteiger partial charge on any atom is -0.469 e. The number of methoxy groups -OCH3 is 1. The van der Waals surface area contributed by atoms with E-state index in [1.54, 1.807) is 12.1 Å². The molecule has 104 valence electrons. The van der Waals surface area contributed by atoms with Crippen molar-refractivity contribution in [3.63, 3.8) is 0 Å². The maximum Gasteiger partial charge on any atom is 0.306 e. The maximum atomic E-state index is 12.8. The molecule has 2 rings (SSSR count). The zero-order valence-corrected chi connectivity index (χ0v) is 11.7. The van der Waals surface area contributed by atoms with Gasteiger partial charge in [0.2, 0.25) is 0 Å². The Labute approximate surface area is 114 Å². The van der Waals surface area contributed by atoms with Gasteiger partial charge in [-0.3, -0.25) is 9.00 Å². The number of carbonyl (C=O) groups excluding carboxylic acids is 1. The maximum absolute atomic E-state index is 12.8. The molecular weight excluding hydrogens is 267 g/mol. The Bertz CT molecular complexity index is 480. The molecule has 0 saturated heterocycles. The van der Waals surface area contributed by atoms with Crippen molar-refractivity contribution in [2.24, 2.45) is 5.41 Å². The van der Waals surface area contributed by atoms with E-state index in [-0.39, 0.29) is 17.2 Å². The second-order valence-electron chi connectivity index (χ2n) is 5.11. The van der Waals surface area contributed by atoms with Crippen molar-refractivity contribution < 1.29 is 18.1 Å². The van der Waals surface area contributed by atoms with Crippen LogP contribution in [-0.2, 0) is 26.1 Å². The number of rotatable bonds is 6. The van der Waals surface area contributed by atoms with Gasteiger partial charge in [-0.2, -0.15) is 0 Å². The number of hydrogen-bond donors (Lipinski definition) is 0. The molecule has 1 aromatic carbocycles. The average Bonchev–Trinajstić information content (AvgIpc) is 3.11. The van der Waals surface area contributed by atoms with Crippen LogP contribution in [0.25, 0.3) is 0 Å². The number of halogens is 1. The van der Waals surface area contributed by atoms with Crippen LogP contribution in [0.3, 0.4) is 0 Å². The van der Waals surface area contributed by atoms with Crippen molar-refractivity contribution in [3.05, 3.63) is 35.6 Å². The SMILES string of the molecule is COC(=O)CC1(CS(=O)Cc2ccc(F)cc2)CC1. The normalized spacial score (nSPS) is 17.8. The first-order valence-corrected chi connectivity index (χ1v) is 7.68. The molecule has 1 atom stereocenters. The van der Waals surface area contributed by atoms with Gasteiger partial charge < -0.3 is 4.74 Å². The third-order valence-electron chi connectivity index (χ3n) is 3.41. The quantitative estimate of drug-likeness (QED) is 0.753. The molecule has 0 amide bonds. The van der Waals surface area contributed by atoms with Gasteiger partial charge in [0.05, 0.1) is 13.5 Å². The van der Waals surface area contributed by atoms with E-state index in [1.165, 1.54) is 19.2 Å². The molecule has 1 fully saturated rings. The van der Waals surface area contributed by atoms with Crippen LogP contribution in [0.2, 0.25) is 0 Å². The number of carbonyl (C=O) groups is 1. The van der Waals surface area contributed by atoms with E-state index in [0.717, 1.165) is 18.4 Å². The summed E-state index contributed by atoms with van der Waals surface area (Å²) in [6.45, 7) is 0. The first kappa shape index (κ1) is 14.2. The van der Waals surface area contributed by atoms with Crippen molar-refractivity contribution in [2.75, 3.05) is 12.9 Å². The van der Waals surface area contributed by atoms with Gasteiger partial charge in [-0.05, 0) is 36.0 Å². The predicted molar refractivity (Wildman–Crippen MR) is 71.4 cm³/mol. The van der Waals surface area contributed by atoms with Crippen LogP contribution in [0, 0.1) is 11.2 Å². The summed E-state index contributed by atoms with van der Waals surface area (Å²) in [7, 11) is 0.336. The van der Waals surface area contributed by atoms with Crippen molar-refractivity contribution in [2.45, 2.75) is 25.0 Å². The number of benzene rings is 1. The zero-order chi connectivity index (χ0) is 13.9. The van der Waals surface area contributed by atoms with Crippen LogP contribution >= 0.6 is 0 Å². The van der Waals surface area contributed by atoms with Gasteiger partial charge in [0.25, 0.3) is 0 Å². The predicted octanol–water partition coefficient (Wildman–Crippen LogP) is 2.42. The largest absolute Gasteiger partial charge is 0.469 e. The molecule has 0 aliphatic heterocycles. The van der Waals surface area contributed by atoms with E-state index in [9.17, 15) is 13.4 Å². The highest BCUT2D eigenvalue weighted by atomic mass is 32.2. The molecule has 0 radical (unpaired) electrons. The summed E-state index contributed by atoms with van der Waals surface area (Å²) in [5, 5.41) is 0. The number of hydrogen-bond acceptors (Lipinski definition) is 3. The Morgan fingerprint density at radius 3 is 2.53 bits per heavy atom. The van der Waals surface area contributed by atoms with Gasteiger partial charge in [-0.25, -0.2) is 4.39 Å². The Morgan fingerprint density at radius 2 is 2.00 bits per heavy atom. The second kappa shape index (κ2) is 5.82. The van der Waals surface area contributed by atoms with Crippen molar-refractivity contribution in [1.82, 2.24) is 0 Å². The van der Waals surface area contributed by atoms with Crippen LogP contribution in [-0.4, -0.2) is 23.0 Å². The Morgan fingerprint density at radius 1 is 1.37 bits per heavy atom. The lowest BCUT2D eigenvalue weighted by atomic mass is 10.1.